The Morgan fingerprint density at radius 1 is 1.14 bits per heavy atom. The van der Waals surface area contributed by atoms with Crippen LogP contribution in [0.1, 0.15) is 10.4 Å². The van der Waals surface area contributed by atoms with Gasteiger partial charge in [-0.1, -0.05) is 6.07 Å². The maximum absolute atomic E-state index is 13.1. The monoisotopic (exact) mass is 325 g/mol. The van der Waals surface area contributed by atoms with Crippen LogP contribution in [0.15, 0.2) is 53.4 Å². The van der Waals surface area contributed by atoms with Gasteiger partial charge < -0.3 is 0 Å². The van der Waals surface area contributed by atoms with Gasteiger partial charge in [-0.15, -0.1) is 0 Å². The number of hydrogen-bond donors (Lipinski definition) is 2. The number of sulfonamides is 1. The van der Waals surface area contributed by atoms with Crippen LogP contribution < -0.4 is 4.72 Å². The molecular weight excluding hydrogens is 313 g/mol. The molecule has 0 saturated heterocycles. The number of carbonyl (C=O) groups excluding carboxylic acids is 1. The molecule has 0 radical (unpaired) electrons. The van der Waals surface area contributed by atoms with Crippen molar-refractivity contribution in [1.82, 2.24) is 0 Å². The predicted molar refractivity (Wildman–Crippen MR) is 81.8 cm³/mol. The first-order chi connectivity index (χ1) is 9.92. The summed E-state index contributed by atoms with van der Waals surface area (Å²) in [6.07, 6.45) is 0. The molecule has 0 fully saturated rings. The van der Waals surface area contributed by atoms with Crippen molar-refractivity contribution in [2.24, 2.45) is 0 Å². The summed E-state index contributed by atoms with van der Waals surface area (Å²) in [5.74, 6) is -0.709. The van der Waals surface area contributed by atoms with E-state index in [0.29, 0.717) is 5.56 Å². The van der Waals surface area contributed by atoms with Gasteiger partial charge in [0.05, 0.1) is 10.6 Å². The summed E-state index contributed by atoms with van der Waals surface area (Å²) in [7, 11) is -3.86. The average molecular weight is 325 g/mol. The molecule has 110 valence electrons. The summed E-state index contributed by atoms with van der Waals surface area (Å²) in [4.78, 5) is 11.2. The van der Waals surface area contributed by atoms with E-state index in [1.807, 2.05) is 0 Å². The van der Waals surface area contributed by atoms with Crippen LogP contribution in [0.25, 0.3) is 0 Å². The second kappa shape index (κ2) is 6.28. The number of benzene rings is 2. The SMILES string of the molecule is O=C(CS)c1ccc(NS(=O)(=O)c2cccc(F)c2)cc1. The van der Waals surface area contributed by atoms with Gasteiger partial charge in [-0.2, -0.15) is 12.6 Å². The van der Waals surface area contributed by atoms with Crippen LogP contribution in [-0.2, 0) is 10.0 Å². The van der Waals surface area contributed by atoms with Gasteiger partial charge in [0.1, 0.15) is 5.82 Å². The number of rotatable bonds is 5. The fourth-order valence-electron chi connectivity index (χ4n) is 1.66. The second-order valence-electron chi connectivity index (χ2n) is 4.22. The summed E-state index contributed by atoms with van der Waals surface area (Å²) < 4.78 is 39.5. The van der Waals surface area contributed by atoms with E-state index in [-0.39, 0.29) is 22.1 Å². The standard InChI is InChI=1S/C14H12FNO3S2/c15-11-2-1-3-13(8-11)21(18,19)16-12-6-4-10(5-7-12)14(17)9-20/h1-8,16,20H,9H2. The first-order valence-electron chi connectivity index (χ1n) is 5.95. The minimum absolute atomic E-state index is 0.0777. The van der Waals surface area contributed by atoms with Crippen molar-refractivity contribution < 1.29 is 17.6 Å². The van der Waals surface area contributed by atoms with Gasteiger partial charge in [0.25, 0.3) is 10.0 Å². The van der Waals surface area contributed by atoms with E-state index in [2.05, 4.69) is 17.4 Å². The normalized spacial score (nSPS) is 11.1. The highest BCUT2D eigenvalue weighted by atomic mass is 32.2. The lowest BCUT2D eigenvalue weighted by molar-refractivity contribution is 0.102. The molecule has 0 aromatic heterocycles. The Kier molecular flexibility index (Phi) is 4.64. The number of thiol groups is 1. The zero-order chi connectivity index (χ0) is 15.5. The molecule has 0 heterocycles. The number of Topliss-reactive ketones (excluding diaryl/α,β-unsaturated/α-hetero) is 1. The molecule has 1 N–H and O–H groups in total. The average Bonchev–Trinajstić information content (AvgIpc) is 2.47. The third kappa shape index (κ3) is 3.83. The minimum atomic E-state index is -3.86. The number of carbonyl (C=O) groups is 1. The van der Waals surface area contributed by atoms with Crippen LogP contribution in [-0.4, -0.2) is 20.0 Å². The summed E-state index contributed by atoms with van der Waals surface area (Å²) >= 11 is 3.88. The van der Waals surface area contributed by atoms with Crippen molar-refractivity contribution >= 4 is 34.1 Å². The third-order valence-electron chi connectivity index (χ3n) is 2.71. The van der Waals surface area contributed by atoms with E-state index in [4.69, 9.17) is 0 Å². The van der Waals surface area contributed by atoms with Crippen molar-refractivity contribution in [3.05, 3.63) is 59.9 Å². The Hall–Kier alpha value is -1.86. The molecule has 2 aromatic carbocycles. The maximum Gasteiger partial charge on any atom is 0.261 e. The molecular formula is C14H12FNO3S2. The highest BCUT2D eigenvalue weighted by Gasteiger charge is 2.15. The first-order valence-corrected chi connectivity index (χ1v) is 8.06. The molecule has 0 atom stereocenters. The van der Waals surface area contributed by atoms with Gasteiger partial charge in [0, 0.05) is 11.3 Å². The van der Waals surface area contributed by atoms with E-state index in [9.17, 15) is 17.6 Å². The van der Waals surface area contributed by atoms with E-state index in [0.717, 1.165) is 12.1 Å². The minimum Gasteiger partial charge on any atom is -0.293 e. The van der Waals surface area contributed by atoms with E-state index in [1.165, 1.54) is 36.4 Å². The van der Waals surface area contributed by atoms with Crippen LogP contribution in [0.5, 0.6) is 0 Å². The van der Waals surface area contributed by atoms with E-state index < -0.39 is 15.8 Å². The second-order valence-corrected chi connectivity index (χ2v) is 6.22. The van der Waals surface area contributed by atoms with Gasteiger partial charge in [0.15, 0.2) is 5.78 Å². The first kappa shape index (κ1) is 15.5. The number of halogens is 1. The van der Waals surface area contributed by atoms with Crippen molar-refractivity contribution in [3.8, 4) is 0 Å². The fraction of sp³-hybridized carbons (Fsp3) is 0.0714. The van der Waals surface area contributed by atoms with Crippen molar-refractivity contribution in [1.29, 1.82) is 0 Å². The Bertz CT molecular complexity index is 758. The molecule has 2 aromatic rings. The molecule has 7 heteroatoms. The molecule has 0 saturated carbocycles. The van der Waals surface area contributed by atoms with Crippen LogP contribution in [0.2, 0.25) is 0 Å². The topological polar surface area (TPSA) is 63.2 Å². The van der Waals surface area contributed by atoms with Gasteiger partial charge in [0.2, 0.25) is 0 Å². The van der Waals surface area contributed by atoms with Gasteiger partial charge in [-0.05, 0) is 42.5 Å². The summed E-state index contributed by atoms with van der Waals surface area (Å²) in [5, 5.41) is 0. The Morgan fingerprint density at radius 3 is 2.38 bits per heavy atom. The maximum atomic E-state index is 13.1. The zero-order valence-electron chi connectivity index (χ0n) is 10.8. The lowest BCUT2D eigenvalue weighted by Crippen LogP contribution is -2.13. The Labute approximate surface area is 127 Å². The Balaban J connectivity index is 2.23. The molecule has 0 bridgehead atoms. The molecule has 0 unspecified atom stereocenters. The van der Waals surface area contributed by atoms with Crippen LogP contribution in [0.4, 0.5) is 10.1 Å². The molecule has 0 aliphatic heterocycles. The Morgan fingerprint density at radius 2 is 1.81 bits per heavy atom. The molecule has 0 amide bonds. The van der Waals surface area contributed by atoms with E-state index >= 15 is 0 Å². The third-order valence-corrected chi connectivity index (χ3v) is 4.38. The molecule has 0 aliphatic carbocycles. The number of ketones is 1. The predicted octanol–water partition coefficient (Wildman–Crippen LogP) is 2.74. The number of hydrogen-bond acceptors (Lipinski definition) is 4. The van der Waals surface area contributed by atoms with E-state index in [1.54, 1.807) is 0 Å². The number of nitrogens with one attached hydrogen (secondary N) is 1. The molecule has 4 nitrogen and oxygen atoms in total. The quantitative estimate of drug-likeness (QED) is 0.656. The van der Waals surface area contributed by atoms with Crippen LogP contribution >= 0.6 is 12.6 Å². The van der Waals surface area contributed by atoms with Crippen molar-refractivity contribution in [2.75, 3.05) is 10.5 Å². The lowest BCUT2D eigenvalue weighted by atomic mass is 10.1. The van der Waals surface area contributed by atoms with Crippen molar-refractivity contribution in [3.63, 3.8) is 0 Å². The van der Waals surface area contributed by atoms with Crippen molar-refractivity contribution in [2.45, 2.75) is 4.90 Å². The number of anilines is 1. The lowest BCUT2D eigenvalue weighted by Gasteiger charge is -2.08. The fourth-order valence-corrected chi connectivity index (χ4v) is 2.94. The molecule has 2 rings (SSSR count). The van der Waals surface area contributed by atoms with Crippen LogP contribution in [0, 0.1) is 5.82 Å². The summed E-state index contributed by atoms with van der Waals surface area (Å²) in [6, 6.07) is 10.6. The molecule has 21 heavy (non-hydrogen) atoms. The smallest absolute Gasteiger partial charge is 0.261 e. The van der Waals surface area contributed by atoms with Crippen LogP contribution in [0.3, 0.4) is 0 Å². The highest BCUT2D eigenvalue weighted by molar-refractivity contribution is 7.92. The highest BCUT2D eigenvalue weighted by Crippen LogP contribution is 2.17. The molecule has 0 aliphatic rings. The molecule has 0 spiro atoms. The summed E-state index contributed by atoms with van der Waals surface area (Å²) in [5.41, 5.74) is 0.730. The van der Waals surface area contributed by atoms with Gasteiger partial charge in [-0.25, -0.2) is 12.8 Å². The van der Waals surface area contributed by atoms with Gasteiger partial charge >= 0.3 is 0 Å². The summed E-state index contributed by atoms with van der Waals surface area (Å²) in [6.45, 7) is 0. The zero-order valence-corrected chi connectivity index (χ0v) is 12.5. The largest absolute Gasteiger partial charge is 0.293 e. The van der Waals surface area contributed by atoms with Gasteiger partial charge in [-0.3, -0.25) is 9.52 Å².